The maximum absolute atomic E-state index is 12.6. The molecule has 116 valence electrons. The van der Waals surface area contributed by atoms with Crippen LogP contribution in [0.15, 0.2) is 0 Å². The molecule has 0 aromatic rings. The summed E-state index contributed by atoms with van der Waals surface area (Å²) in [5.41, 5.74) is -1.15. The lowest BCUT2D eigenvalue weighted by molar-refractivity contribution is -0.144. The molecule has 2 aliphatic heterocycles. The number of imide groups is 1. The molecule has 0 saturated carbocycles. The van der Waals surface area contributed by atoms with Gasteiger partial charge in [-0.25, -0.2) is 4.79 Å². The largest absolute Gasteiger partial charge is 0.481 e. The number of carbonyl (C=O) groups is 4. The maximum atomic E-state index is 12.6. The van der Waals surface area contributed by atoms with Crippen molar-refractivity contribution in [1.29, 1.82) is 0 Å². The van der Waals surface area contributed by atoms with Gasteiger partial charge in [-0.1, -0.05) is 0 Å². The third-order valence-corrected chi connectivity index (χ3v) is 4.33. The van der Waals surface area contributed by atoms with Crippen molar-refractivity contribution in [2.75, 3.05) is 13.1 Å². The van der Waals surface area contributed by atoms with E-state index in [0.29, 0.717) is 13.0 Å². The topological polar surface area (TPSA) is 107 Å². The van der Waals surface area contributed by atoms with E-state index in [-0.39, 0.29) is 6.54 Å². The number of piperazine rings is 1. The first-order valence-corrected chi connectivity index (χ1v) is 6.81. The number of amides is 4. The minimum absolute atomic E-state index is 0.210. The van der Waals surface area contributed by atoms with Crippen molar-refractivity contribution in [3.8, 4) is 0 Å². The number of carbonyl (C=O) groups excluding carboxylic acids is 3. The fourth-order valence-electron chi connectivity index (χ4n) is 2.78. The van der Waals surface area contributed by atoms with Gasteiger partial charge in [0.05, 0.1) is 5.92 Å². The quantitative estimate of drug-likeness (QED) is 0.643. The molecule has 0 radical (unpaired) electrons. The first-order valence-electron chi connectivity index (χ1n) is 6.81. The molecule has 0 spiro atoms. The molecule has 2 aliphatic rings. The third kappa shape index (κ3) is 2.45. The molecule has 21 heavy (non-hydrogen) atoms. The summed E-state index contributed by atoms with van der Waals surface area (Å²) in [6.07, 6.45) is 0.372. The van der Waals surface area contributed by atoms with Gasteiger partial charge in [0.15, 0.2) is 0 Å². The smallest absolute Gasteiger partial charge is 0.321 e. The summed E-state index contributed by atoms with van der Waals surface area (Å²) in [4.78, 5) is 49.7. The zero-order valence-electron chi connectivity index (χ0n) is 12.3. The van der Waals surface area contributed by atoms with Crippen molar-refractivity contribution in [1.82, 2.24) is 15.1 Å². The number of carboxylic acids is 1. The molecule has 8 heteroatoms. The molecule has 2 saturated heterocycles. The van der Waals surface area contributed by atoms with Gasteiger partial charge in [0.2, 0.25) is 5.91 Å². The van der Waals surface area contributed by atoms with Gasteiger partial charge in [-0.05, 0) is 27.2 Å². The highest BCUT2D eigenvalue weighted by Gasteiger charge is 2.48. The molecule has 0 aliphatic carbocycles. The molecular weight excluding hydrogens is 278 g/mol. The first kappa shape index (κ1) is 15.3. The van der Waals surface area contributed by atoms with E-state index in [4.69, 9.17) is 5.11 Å². The molecule has 0 bridgehead atoms. The average molecular weight is 297 g/mol. The number of nitrogens with zero attached hydrogens (tertiary/aromatic N) is 2. The Bertz CT molecular complexity index is 516. The maximum Gasteiger partial charge on any atom is 0.321 e. The molecule has 2 rings (SSSR count). The normalized spacial score (nSPS) is 28.5. The summed E-state index contributed by atoms with van der Waals surface area (Å²) in [5, 5.41) is 11.3. The van der Waals surface area contributed by atoms with Crippen LogP contribution in [0.2, 0.25) is 0 Å². The molecule has 2 fully saturated rings. The molecule has 2 unspecified atom stereocenters. The lowest BCUT2D eigenvalue weighted by Gasteiger charge is -2.42. The van der Waals surface area contributed by atoms with Gasteiger partial charge in [0.1, 0.15) is 12.1 Å². The van der Waals surface area contributed by atoms with Gasteiger partial charge in [0, 0.05) is 12.6 Å². The van der Waals surface area contributed by atoms with Crippen molar-refractivity contribution in [3.05, 3.63) is 0 Å². The number of hydrogen-bond donors (Lipinski definition) is 2. The Hall–Kier alpha value is -2.12. The average Bonchev–Trinajstić information content (AvgIpc) is 2.75. The number of likely N-dealkylation sites (tertiary alicyclic amines) is 1. The second-order valence-corrected chi connectivity index (χ2v) is 5.97. The fraction of sp³-hybridized carbons (Fsp3) is 0.692. The predicted molar refractivity (Wildman–Crippen MR) is 71.2 cm³/mol. The molecule has 8 nitrogen and oxygen atoms in total. The van der Waals surface area contributed by atoms with Crippen LogP contribution in [-0.4, -0.2) is 63.4 Å². The van der Waals surface area contributed by atoms with Crippen LogP contribution in [0.4, 0.5) is 4.79 Å². The molecule has 0 aromatic heterocycles. The highest BCUT2D eigenvalue weighted by Crippen LogP contribution is 2.28. The Kier molecular flexibility index (Phi) is 3.65. The number of aliphatic carboxylic acids is 1. The summed E-state index contributed by atoms with van der Waals surface area (Å²) >= 11 is 0. The van der Waals surface area contributed by atoms with Crippen LogP contribution in [0.3, 0.4) is 0 Å². The molecular formula is C13H19N3O5. The van der Waals surface area contributed by atoms with E-state index >= 15 is 0 Å². The molecule has 4 amide bonds. The standard InChI is InChI=1S/C13H19N3O5/c1-7-8(10(18)19)4-5-15(7)12(21)16-6-9(17)14-11(20)13(16,2)3/h7-8H,4-6H2,1-3H3,(H,18,19)(H,14,17,20). The van der Waals surface area contributed by atoms with Crippen molar-refractivity contribution in [3.63, 3.8) is 0 Å². The van der Waals surface area contributed by atoms with Crippen molar-refractivity contribution in [2.45, 2.75) is 38.8 Å². The van der Waals surface area contributed by atoms with Crippen molar-refractivity contribution >= 4 is 23.8 Å². The van der Waals surface area contributed by atoms with Crippen LogP contribution < -0.4 is 5.32 Å². The lowest BCUT2D eigenvalue weighted by atomic mass is 9.99. The van der Waals surface area contributed by atoms with Crippen LogP contribution in [0.25, 0.3) is 0 Å². The predicted octanol–water partition coefficient (Wildman–Crippen LogP) is -0.362. The van der Waals surface area contributed by atoms with Crippen LogP contribution in [-0.2, 0) is 14.4 Å². The first-order chi connectivity index (χ1) is 9.66. The second kappa shape index (κ2) is 5.01. The van der Waals surface area contributed by atoms with E-state index < -0.39 is 41.3 Å². The van der Waals surface area contributed by atoms with Crippen LogP contribution >= 0.6 is 0 Å². The Morgan fingerprint density at radius 2 is 1.95 bits per heavy atom. The van der Waals surface area contributed by atoms with E-state index in [9.17, 15) is 19.2 Å². The Morgan fingerprint density at radius 1 is 1.33 bits per heavy atom. The fourth-order valence-corrected chi connectivity index (χ4v) is 2.78. The summed E-state index contributed by atoms with van der Waals surface area (Å²) in [7, 11) is 0. The van der Waals surface area contributed by atoms with E-state index in [0.717, 1.165) is 0 Å². The van der Waals surface area contributed by atoms with Gasteiger partial charge in [-0.15, -0.1) is 0 Å². The van der Waals surface area contributed by atoms with Crippen LogP contribution in [0.1, 0.15) is 27.2 Å². The van der Waals surface area contributed by atoms with Crippen LogP contribution in [0.5, 0.6) is 0 Å². The molecule has 0 aromatic carbocycles. The van der Waals surface area contributed by atoms with E-state index in [1.807, 2.05) is 0 Å². The SMILES string of the molecule is CC1C(C(=O)O)CCN1C(=O)N1CC(=O)NC(=O)C1(C)C. The summed E-state index contributed by atoms with van der Waals surface area (Å²) < 4.78 is 0. The summed E-state index contributed by atoms with van der Waals surface area (Å²) in [5.74, 6) is -2.63. The molecule has 2 N–H and O–H groups in total. The Balaban J connectivity index is 2.21. The number of hydrogen-bond acceptors (Lipinski definition) is 4. The number of rotatable bonds is 1. The minimum Gasteiger partial charge on any atom is -0.481 e. The van der Waals surface area contributed by atoms with Gasteiger partial charge in [-0.3, -0.25) is 19.7 Å². The Morgan fingerprint density at radius 3 is 2.48 bits per heavy atom. The van der Waals surface area contributed by atoms with Crippen molar-refractivity contribution < 1.29 is 24.3 Å². The third-order valence-electron chi connectivity index (χ3n) is 4.33. The number of carboxylic acid groups (broad SMARTS) is 1. The molecule has 2 heterocycles. The monoisotopic (exact) mass is 297 g/mol. The van der Waals surface area contributed by atoms with E-state index in [1.54, 1.807) is 20.8 Å². The summed E-state index contributed by atoms with van der Waals surface area (Å²) in [6.45, 7) is 4.88. The van der Waals surface area contributed by atoms with Crippen LogP contribution in [0, 0.1) is 5.92 Å². The zero-order chi connectivity index (χ0) is 15.9. The number of nitrogens with one attached hydrogen (secondary N) is 1. The van der Waals surface area contributed by atoms with Gasteiger partial charge in [0.25, 0.3) is 5.91 Å². The highest BCUT2D eigenvalue weighted by atomic mass is 16.4. The lowest BCUT2D eigenvalue weighted by Crippen LogP contribution is -2.67. The highest BCUT2D eigenvalue weighted by molar-refractivity contribution is 6.06. The number of urea groups is 1. The minimum atomic E-state index is -1.15. The second-order valence-electron chi connectivity index (χ2n) is 5.97. The van der Waals surface area contributed by atoms with E-state index in [2.05, 4.69) is 5.32 Å². The Labute approximate surface area is 122 Å². The van der Waals surface area contributed by atoms with E-state index in [1.165, 1.54) is 9.80 Å². The van der Waals surface area contributed by atoms with Gasteiger partial charge in [-0.2, -0.15) is 0 Å². The van der Waals surface area contributed by atoms with Gasteiger partial charge >= 0.3 is 12.0 Å². The van der Waals surface area contributed by atoms with Gasteiger partial charge < -0.3 is 14.9 Å². The molecule has 2 atom stereocenters. The zero-order valence-corrected chi connectivity index (χ0v) is 12.3. The van der Waals surface area contributed by atoms with Crippen molar-refractivity contribution in [2.24, 2.45) is 5.92 Å². The summed E-state index contributed by atoms with van der Waals surface area (Å²) in [6, 6.07) is -0.940.